The van der Waals surface area contributed by atoms with Crippen LogP contribution in [-0.4, -0.2) is 59.3 Å². The predicted octanol–water partition coefficient (Wildman–Crippen LogP) is 1.02. The molecule has 2 heterocycles. The highest BCUT2D eigenvalue weighted by Crippen LogP contribution is 2.16. The number of nitrogens with one attached hydrogen (secondary N) is 2. The minimum Gasteiger partial charge on any atom is -0.481 e. The third-order valence-electron chi connectivity index (χ3n) is 4.37. The zero-order chi connectivity index (χ0) is 26.8. The van der Waals surface area contributed by atoms with Gasteiger partial charge in [-0.3, -0.25) is 14.4 Å². The van der Waals surface area contributed by atoms with Crippen molar-refractivity contribution in [1.29, 1.82) is 0 Å². The highest BCUT2D eigenvalue weighted by atomic mass is 35.5. The van der Waals surface area contributed by atoms with Crippen molar-refractivity contribution in [2.75, 3.05) is 16.8 Å². The zero-order valence-corrected chi connectivity index (χ0v) is 19.7. The lowest BCUT2D eigenvalue weighted by molar-refractivity contribution is -0.140. The van der Waals surface area contributed by atoms with E-state index in [1.165, 1.54) is 25.3 Å². The summed E-state index contributed by atoms with van der Waals surface area (Å²) in [6.45, 7) is 1.59. The van der Waals surface area contributed by atoms with E-state index >= 15 is 0 Å². The smallest absolute Gasteiger partial charge is 0.326 e. The average Bonchev–Trinajstić information content (AvgIpc) is 2.80. The fraction of sp³-hybridized carbons (Fsp3) is 0.238. The van der Waals surface area contributed by atoms with E-state index in [4.69, 9.17) is 21.7 Å². The van der Waals surface area contributed by atoms with Gasteiger partial charge in [0.05, 0.1) is 18.4 Å². The van der Waals surface area contributed by atoms with Crippen molar-refractivity contribution in [2.45, 2.75) is 32.4 Å². The Kier molecular flexibility index (Phi) is 9.80. The van der Waals surface area contributed by atoms with Crippen molar-refractivity contribution in [2.24, 2.45) is 0 Å². The third kappa shape index (κ3) is 8.64. The first-order chi connectivity index (χ1) is 17.0. The van der Waals surface area contributed by atoms with Gasteiger partial charge in [0.2, 0.25) is 11.2 Å². The van der Waals surface area contributed by atoms with Gasteiger partial charge in [0.1, 0.15) is 6.04 Å². The van der Waals surface area contributed by atoms with Crippen molar-refractivity contribution in [3.05, 3.63) is 41.7 Å². The number of carboxylic acid groups (broad SMARTS) is 2. The maximum atomic E-state index is 12.3. The molecular weight excluding hydrogens is 496 g/mol. The van der Waals surface area contributed by atoms with E-state index in [9.17, 15) is 19.2 Å². The molecule has 2 aromatic heterocycles. The minimum absolute atomic E-state index is 0.0101. The van der Waals surface area contributed by atoms with E-state index in [-0.39, 0.29) is 41.1 Å². The lowest BCUT2D eigenvalue weighted by Gasteiger charge is -2.14. The van der Waals surface area contributed by atoms with Crippen molar-refractivity contribution in [3.8, 4) is 0 Å². The van der Waals surface area contributed by atoms with Gasteiger partial charge < -0.3 is 32.3 Å². The number of nitrogens with zero attached hydrogens (tertiary/aromatic N) is 4. The van der Waals surface area contributed by atoms with E-state index < -0.39 is 23.9 Å². The first-order valence-electron chi connectivity index (χ1n) is 10.3. The van der Waals surface area contributed by atoms with Crippen LogP contribution in [0.4, 0.5) is 17.5 Å². The number of nitrogen functional groups attached to an aromatic ring is 2. The molecule has 0 aliphatic carbocycles. The molecule has 0 saturated heterocycles. The van der Waals surface area contributed by atoms with Crippen LogP contribution in [0.3, 0.4) is 0 Å². The molecule has 15 heteroatoms. The summed E-state index contributed by atoms with van der Waals surface area (Å²) in [7, 11) is 0. The molecule has 36 heavy (non-hydrogen) atoms. The van der Waals surface area contributed by atoms with E-state index in [1.54, 1.807) is 12.1 Å². The summed E-state index contributed by atoms with van der Waals surface area (Å²) in [5.74, 6) is -2.93. The number of benzene rings is 1. The molecule has 8 N–H and O–H groups in total. The zero-order valence-electron chi connectivity index (χ0n) is 18.9. The Labute approximate surface area is 209 Å². The van der Waals surface area contributed by atoms with Crippen LogP contribution < -0.4 is 22.1 Å². The molecule has 1 aromatic carbocycles. The van der Waals surface area contributed by atoms with E-state index in [1.807, 2.05) is 0 Å². The number of aromatic nitrogens is 4. The van der Waals surface area contributed by atoms with E-state index in [0.717, 1.165) is 0 Å². The molecule has 0 aliphatic heterocycles. The summed E-state index contributed by atoms with van der Waals surface area (Å²) in [5.41, 5.74) is 13.4. The second-order valence-corrected chi connectivity index (χ2v) is 7.73. The fourth-order valence-electron chi connectivity index (χ4n) is 2.77. The summed E-state index contributed by atoms with van der Waals surface area (Å²) in [5, 5.41) is 22.9. The van der Waals surface area contributed by atoms with Crippen LogP contribution in [-0.2, 0) is 20.9 Å². The predicted molar refractivity (Wildman–Crippen MR) is 130 cm³/mol. The molecule has 0 bridgehead atoms. The maximum absolute atomic E-state index is 12.3. The van der Waals surface area contributed by atoms with E-state index in [2.05, 4.69) is 42.2 Å². The number of rotatable bonds is 9. The van der Waals surface area contributed by atoms with Gasteiger partial charge in [0.25, 0.3) is 5.91 Å². The SMILES string of the molecule is CC(=O)Cl.Nc1nc(N)c2nc(CNc3ccc(C(=O)NC(CCC(=O)O)C(=O)O)cc3)cnc2n1. The number of hydrogen-bond donors (Lipinski definition) is 6. The Morgan fingerprint density at radius 2 is 1.69 bits per heavy atom. The monoisotopic (exact) mass is 518 g/mol. The molecule has 0 spiro atoms. The molecule has 3 rings (SSSR count). The van der Waals surface area contributed by atoms with Gasteiger partial charge in [-0.25, -0.2) is 14.8 Å². The van der Waals surface area contributed by atoms with Crippen molar-refractivity contribution >= 4 is 63.3 Å². The molecule has 0 radical (unpaired) electrons. The number of hydrogen-bond acceptors (Lipinski definition) is 11. The Hall–Kier alpha value is -4.59. The van der Waals surface area contributed by atoms with Gasteiger partial charge in [-0.1, -0.05) is 0 Å². The fourth-order valence-corrected chi connectivity index (χ4v) is 2.77. The molecule has 190 valence electrons. The van der Waals surface area contributed by atoms with Crippen LogP contribution in [0, 0.1) is 0 Å². The largest absolute Gasteiger partial charge is 0.481 e. The molecule has 0 fully saturated rings. The van der Waals surface area contributed by atoms with Crippen LogP contribution >= 0.6 is 11.6 Å². The van der Waals surface area contributed by atoms with Crippen LogP contribution in [0.15, 0.2) is 30.5 Å². The third-order valence-corrected chi connectivity index (χ3v) is 4.37. The van der Waals surface area contributed by atoms with Gasteiger partial charge in [-0.05, 0) is 42.3 Å². The second kappa shape index (κ2) is 12.8. The van der Waals surface area contributed by atoms with Crippen molar-refractivity contribution in [3.63, 3.8) is 0 Å². The number of carbonyl (C=O) groups excluding carboxylic acids is 2. The number of carbonyl (C=O) groups is 4. The molecule has 1 amide bonds. The standard InChI is InChI=1S/C19H20N8O5.C2H3ClO/c20-15-14-16(27-19(21)26-15)23-8-11(24-14)7-22-10-3-1-9(2-4-10)17(30)25-12(18(31)32)5-6-13(28)29;1-2(3)4/h1-4,8,12,22H,5-7H2,(H,25,30)(H,28,29)(H,31,32)(H4,20,21,23,26,27);1H3. The molecule has 3 aromatic rings. The van der Waals surface area contributed by atoms with E-state index in [0.29, 0.717) is 23.4 Å². The summed E-state index contributed by atoms with van der Waals surface area (Å²) in [6, 6.07) is 4.99. The van der Waals surface area contributed by atoms with Gasteiger partial charge in [-0.15, -0.1) is 0 Å². The average molecular weight is 519 g/mol. The van der Waals surface area contributed by atoms with Crippen LogP contribution in [0.1, 0.15) is 35.8 Å². The first kappa shape index (κ1) is 27.7. The number of aliphatic carboxylic acids is 2. The molecule has 0 saturated carbocycles. The molecule has 0 aliphatic rings. The number of carboxylic acids is 2. The molecule has 1 unspecified atom stereocenters. The highest BCUT2D eigenvalue weighted by Gasteiger charge is 2.21. The quantitative estimate of drug-likeness (QED) is 0.217. The maximum Gasteiger partial charge on any atom is 0.326 e. The van der Waals surface area contributed by atoms with Gasteiger partial charge >= 0.3 is 11.9 Å². The number of halogens is 1. The van der Waals surface area contributed by atoms with Crippen LogP contribution in [0.2, 0.25) is 0 Å². The lowest BCUT2D eigenvalue weighted by atomic mass is 10.1. The summed E-state index contributed by atoms with van der Waals surface area (Å²) in [6.07, 6.45) is 0.931. The van der Waals surface area contributed by atoms with Gasteiger partial charge in [0, 0.05) is 24.6 Å². The summed E-state index contributed by atoms with van der Waals surface area (Å²) in [4.78, 5) is 59.7. The number of nitrogens with two attached hydrogens (primary N) is 2. The molecule has 14 nitrogen and oxygen atoms in total. The Morgan fingerprint density at radius 1 is 1.06 bits per heavy atom. The first-order valence-corrected chi connectivity index (χ1v) is 10.6. The van der Waals surface area contributed by atoms with Crippen molar-refractivity contribution < 1.29 is 29.4 Å². The minimum atomic E-state index is -1.30. The normalized spacial score (nSPS) is 11.1. The number of amides is 1. The summed E-state index contributed by atoms with van der Waals surface area (Å²) >= 11 is 4.64. The summed E-state index contributed by atoms with van der Waals surface area (Å²) < 4.78 is 0. The molecule has 1 atom stereocenters. The van der Waals surface area contributed by atoms with Gasteiger partial charge in [0.15, 0.2) is 17.0 Å². The Bertz CT molecular complexity index is 1270. The second-order valence-electron chi connectivity index (χ2n) is 7.20. The Balaban J connectivity index is 0.00000106. The number of anilines is 3. The number of fused-ring (bicyclic) bond motifs is 1. The van der Waals surface area contributed by atoms with Crippen LogP contribution in [0.5, 0.6) is 0 Å². The lowest BCUT2D eigenvalue weighted by Crippen LogP contribution is -2.41. The van der Waals surface area contributed by atoms with Crippen LogP contribution in [0.25, 0.3) is 11.2 Å². The Morgan fingerprint density at radius 3 is 2.28 bits per heavy atom. The highest BCUT2D eigenvalue weighted by molar-refractivity contribution is 6.62. The topological polar surface area (TPSA) is 236 Å². The van der Waals surface area contributed by atoms with Gasteiger partial charge in [-0.2, -0.15) is 9.97 Å². The molecular formula is C21H23ClN8O6. The van der Waals surface area contributed by atoms with Crippen molar-refractivity contribution in [1.82, 2.24) is 25.3 Å².